The van der Waals surface area contributed by atoms with E-state index < -0.39 is 10.0 Å². The Labute approximate surface area is 142 Å². The lowest BCUT2D eigenvalue weighted by Crippen LogP contribution is -2.48. The van der Waals surface area contributed by atoms with Crippen molar-refractivity contribution in [2.24, 2.45) is 11.8 Å². The molecule has 0 saturated carbocycles. The maximum absolute atomic E-state index is 12.8. The van der Waals surface area contributed by atoms with Gasteiger partial charge >= 0.3 is 0 Å². The number of thiophene rings is 1. The maximum atomic E-state index is 12.8. The van der Waals surface area contributed by atoms with E-state index in [1.165, 1.54) is 22.1 Å². The molecule has 2 atom stereocenters. The molecule has 0 aromatic carbocycles. The zero-order chi connectivity index (χ0) is 16.4. The molecular formula is C16H24N2O3S2. The number of carbonyl (C=O) groups excluding carboxylic acids is 1. The molecule has 0 radical (unpaired) electrons. The highest BCUT2D eigenvalue weighted by Crippen LogP contribution is 2.28. The molecule has 2 aliphatic heterocycles. The summed E-state index contributed by atoms with van der Waals surface area (Å²) in [5.74, 6) is 0.494. The van der Waals surface area contributed by atoms with Crippen LogP contribution in [-0.4, -0.2) is 49.7 Å². The molecule has 1 aromatic heterocycles. The van der Waals surface area contributed by atoms with Gasteiger partial charge in [-0.3, -0.25) is 4.79 Å². The van der Waals surface area contributed by atoms with Crippen molar-refractivity contribution in [2.45, 2.75) is 36.8 Å². The number of piperidine rings is 2. The van der Waals surface area contributed by atoms with Crippen LogP contribution in [0.4, 0.5) is 0 Å². The van der Waals surface area contributed by atoms with Crippen LogP contribution in [0.2, 0.25) is 0 Å². The van der Waals surface area contributed by atoms with Gasteiger partial charge in [0, 0.05) is 26.2 Å². The zero-order valence-electron chi connectivity index (χ0n) is 13.5. The first kappa shape index (κ1) is 16.9. The number of likely N-dealkylation sites (tertiary alicyclic amines) is 1. The number of hydrogen-bond donors (Lipinski definition) is 0. The molecule has 5 nitrogen and oxygen atoms in total. The Kier molecular flexibility index (Phi) is 5.08. The molecule has 3 heterocycles. The van der Waals surface area contributed by atoms with Crippen molar-refractivity contribution < 1.29 is 13.2 Å². The normalized spacial score (nSPS) is 27.1. The summed E-state index contributed by atoms with van der Waals surface area (Å²) in [5, 5.41) is 1.77. The summed E-state index contributed by atoms with van der Waals surface area (Å²) >= 11 is 1.24. The minimum absolute atomic E-state index is 0.141. The van der Waals surface area contributed by atoms with E-state index in [0.29, 0.717) is 23.2 Å². The molecule has 2 fully saturated rings. The van der Waals surface area contributed by atoms with Crippen molar-refractivity contribution in [2.75, 3.05) is 26.2 Å². The molecule has 0 bridgehead atoms. The van der Waals surface area contributed by atoms with Crippen LogP contribution >= 0.6 is 11.3 Å². The van der Waals surface area contributed by atoms with Crippen molar-refractivity contribution in [1.29, 1.82) is 0 Å². The largest absolute Gasteiger partial charge is 0.342 e. The van der Waals surface area contributed by atoms with Gasteiger partial charge in [-0.15, -0.1) is 11.3 Å². The fourth-order valence-corrected chi connectivity index (χ4v) is 6.22. The molecule has 0 spiro atoms. The molecule has 2 aliphatic rings. The average molecular weight is 357 g/mol. The number of sulfonamides is 1. The van der Waals surface area contributed by atoms with Gasteiger partial charge in [0.1, 0.15) is 4.21 Å². The van der Waals surface area contributed by atoms with Gasteiger partial charge in [0.05, 0.1) is 5.92 Å². The summed E-state index contributed by atoms with van der Waals surface area (Å²) < 4.78 is 27.2. The first-order chi connectivity index (χ1) is 11.0. The maximum Gasteiger partial charge on any atom is 0.252 e. The molecule has 0 aliphatic carbocycles. The molecule has 0 unspecified atom stereocenters. The average Bonchev–Trinajstić information content (AvgIpc) is 3.09. The van der Waals surface area contributed by atoms with Crippen LogP contribution in [0.15, 0.2) is 21.7 Å². The second-order valence-corrected chi connectivity index (χ2v) is 9.78. The van der Waals surface area contributed by atoms with E-state index in [2.05, 4.69) is 6.92 Å². The van der Waals surface area contributed by atoms with Crippen molar-refractivity contribution in [3.05, 3.63) is 17.5 Å². The first-order valence-electron chi connectivity index (χ1n) is 8.31. The summed E-state index contributed by atoms with van der Waals surface area (Å²) in [4.78, 5) is 14.7. The molecule has 128 valence electrons. The minimum atomic E-state index is -3.45. The monoisotopic (exact) mass is 356 g/mol. The third-order valence-electron chi connectivity index (χ3n) is 4.79. The summed E-state index contributed by atoms with van der Waals surface area (Å²) in [6.07, 6.45) is 3.77. The lowest BCUT2D eigenvalue weighted by molar-refractivity contribution is -0.138. The molecule has 3 rings (SSSR count). The van der Waals surface area contributed by atoms with Crippen molar-refractivity contribution >= 4 is 27.3 Å². The molecule has 0 N–H and O–H groups in total. The van der Waals surface area contributed by atoms with Gasteiger partial charge in [-0.2, -0.15) is 4.31 Å². The van der Waals surface area contributed by atoms with Gasteiger partial charge in [-0.1, -0.05) is 13.0 Å². The van der Waals surface area contributed by atoms with Crippen molar-refractivity contribution in [1.82, 2.24) is 9.21 Å². The third-order valence-corrected chi connectivity index (χ3v) is 8.03. The van der Waals surface area contributed by atoms with E-state index in [9.17, 15) is 13.2 Å². The standard InChI is InChI=1S/C16H24N2O3S2/c1-13-5-2-8-17(11-13)16(19)14-6-3-9-18(12-14)23(20,21)15-7-4-10-22-15/h4,7,10,13-14H,2-3,5-6,8-9,11-12H2,1H3/t13-,14+/m0/s1. The van der Waals surface area contributed by atoms with Crippen molar-refractivity contribution in [3.63, 3.8) is 0 Å². The summed E-state index contributed by atoms with van der Waals surface area (Å²) in [6, 6.07) is 3.39. The number of nitrogens with zero attached hydrogens (tertiary/aromatic N) is 2. The summed E-state index contributed by atoms with van der Waals surface area (Å²) in [6.45, 7) is 4.64. The predicted molar refractivity (Wildman–Crippen MR) is 90.8 cm³/mol. The quantitative estimate of drug-likeness (QED) is 0.836. The van der Waals surface area contributed by atoms with Crippen LogP contribution in [0.5, 0.6) is 0 Å². The first-order valence-corrected chi connectivity index (χ1v) is 10.6. The van der Waals surface area contributed by atoms with Gasteiger partial charge in [-0.25, -0.2) is 8.42 Å². The topological polar surface area (TPSA) is 57.7 Å². The van der Waals surface area contributed by atoms with Gasteiger partial charge in [0.25, 0.3) is 10.0 Å². The van der Waals surface area contributed by atoms with Gasteiger partial charge in [0.2, 0.25) is 5.91 Å². The fraction of sp³-hybridized carbons (Fsp3) is 0.688. The SMILES string of the molecule is C[C@H]1CCCN(C(=O)[C@@H]2CCCN(S(=O)(=O)c3cccs3)C2)C1. The van der Waals surface area contributed by atoms with Gasteiger partial charge < -0.3 is 4.90 Å². The van der Waals surface area contributed by atoms with E-state index >= 15 is 0 Å². The Hall–Kier alpha value is -0.920. The smallest absolute Gasteiger partial charge is 0.252 e. The lowest BCUT2D eigenvalue weighted by atomic mass is 9.94. The van der Waals surface area contributed by atoms with Crippen LogP contribution < -0.4 is 0 Å². The van der Waals surface area contributed by atoms with Crippen molar-refractivity contribution in [3.8, 4) is 0 Å². The van der Waals surface area contributed by atoms with Crippen LogP contribution in [0.25, 0.3) is 0 Å². The summed E-state index contributed by atoms with van der Waals surface area (Å²) in [5.41, 5.74) is 0. The number of carbonyl (C=O) groups is 1. The predicted octanol–water partition coefficient (Wildman–Crippen LogP) is 2.41. The molecule has 1 amide bonds. The Morgan fingerprint density at radius 3 is 2.70 bits per heavy atom. The Morgan fingerprint density at radius 1 is 1.22 bits per heavy atom. The van der Waals surface area contributed by atoms with Crippen LogP contribution in [0.3, 0.4) is 0 Å². The highest BCUT2D eigenvalue weighted by Gasteiger charge is 2.36. The molecule has 7 heteroatoms. The highest BCUT2D eigenvalue weighted by atomic mass is 32.2. The lowest BCUT2D eigenvalue weighted by Gasteiger charge is -2.37. The fourth-order valence-electron chi connectivity index (χ4n) is 3.55. The highest BCUT2D eigenvalue weighted by molar-refractivity contribution is 7.91. The minimum Gasteiger partial charge on any atom is -0.342 e. The van der Waals surface area contributed by atoms with Crippen LogP contribution in [0.1, 0.15) is 32.6 Å². The van der Waals surface area contributed by atoms with Gasteiger partial charge in [-0.05, 0) is 43.0 Å². The Morgan fingerprint density at radius 2 is 2.00 bits per heavy atom. The molecule has 2 saturated heterocycles. The van der Waals surface area contributed by atoms with E-state index in [4.69, 9.17) is 0 Å². The van der Waals surface area contributed by atoms with E-state index in [1.54, 1.807) is 17.5 Å². The number of amides is 1. The van der Waals surface area contributed by atoms with Crippen LogP contribution in [-0.2, 0) is 14.8 Å². The second kappa shape index (κ2) is 6.91. The second-order valence-electron chi connectivity index (χ2n) is 6.67. The van der Waals surface area contributed by atoms with Gasteiger partial charge in [0.15, 0.2) is 0 Å². The third kappa shape index (κ3) is 3.61. The molecular weight excluding hydrogens is 332 g/mol. The Bertz CT molecular complexity index is 642. The zero-order valence-corrected chi connectivity index (χ0v) is 15.1. The number of hydrogen-bond acceptors (Lipinski definition) is 4. The molecule has 23 heavy (non-hydrogen) atoms. The Balaban J connectivity index is 1.70. The number of rotatable bonds is 3. The molecule has 1 aromatic rings. The van der Waals surface area contributed by atoms with E-state index in [-0.39, 0.29) is 11.8 Å². The van der Waals surface area contributed by atoms with E-state index in [0.717, 1.165) is 32.4 Å². The summed E-state index contributed by atoms with van der Waals surface area (Å²) in [7, 11) is -3.45. The van der Waals surface area contributed by atoms with E-state index in [1.807, 2.05) is 4.90 Å². The van der Waals surface area contributed by atoms with Crippen LogP contribution in [0, 0.1) is 11.8 Å².